The first-order valence-electron chi connectivity index (χ1n) is 9.73. The molecule has 29 heavy (non-hydrogen) atoms. The van der Waals surface area contributed by atoms with Crippen molar-refractivity contribution in [1.29, 1.82) is 0 Å². The summed E-state index contributed by atoms with van der Waals surface area (Å²) in [7, 11) is 0. The Kier molecular flexibility index (Phi) is 5.60. The number of piperazine rings is 1. The Labute approximate surface area is 169 Å². The van der Waals surface area contributed by atoms with Crippen molar-refractivity contribution in [3.8, 4) is 0 Å². The minimum absolute atomic E-state index is 0.0922. The first kappa shape index (κ1) is 18.8. The summed E-state index contributed by atoms with van der Waals surface area (Å²) in [6, 6.07) is 11.5. The summed E-state index contributed by atoms with van der Waals surface area (Å²) in [5.41, 5.74) is 2.54. The molecule has 1 N–H and O–H groups in total. The number of carbonyl (C=O) groups is 1. The van der Waals surface area contributed by atoms with Gasteiger partial charge in [0.1, 0.15) is 5.69 Å². The van der Waals surface area contributed by atoms with E-state index >= 15 is 0 Å². The van der Waals surface area contributed by atoms with Crippen LogP contribution in [0.15, 0.2) is 55.0 Å². The maximum absolute atomic E-state index is 12.9. The van der Waals surface area contributed by atoms with Crippen molar-refractivity contribution in [2.75, 3.05) is 36.4 Å². The van der Waals surface area contributed by atoms with Gasteiger partial charge in [0.2, 0.25) is 11.9 Å². The molecule has 1 saturated heterocycles. The lowest BCUT2D eigenvalue weighted by Gasteiger charge is -2.34. The topological polar surface area (TPSA) is 87.1 Å². The van der Waals surface area contributed by atoms with Gasteiger partial charge in [0.15, 0.2) is 0 Å². The number of aromatic nitrogens is 4. The van der Waals surface area contributed by atoms with Gasteiger partial charge in [0.25, 0.3) is 5.91 Å². The lowest BCUT2D eigenvalue weighted by molar-refractivity contribution is 0.0740. The highest BCUT2D eigenvalue weighted by atomic mass is 16.2. The van der Waals surface area contributed by atoms with Crippen LogP contribution in [0.4, 0.5) is 17.6 Å². The lowest BCUT2D eigenvalue weighted by atomic mass is 10.1. The number of amides is 1. The molecule has 1 aromatic carbocycles. The average molecular weight is 389 g/mol. The van der Waals surface area contributed by atoms with E-state index < -0.39 is 0 Å². The minimum atomic E-state index is -0.0922. The van der Waals surface area contributed by atoms with Crippen LogP contribution < -0.4 is 10.2 Å². The number of anilines is 3. The maximum Gasteiger partial charge on any atom is 0.272 e. The number of carbonyl (C=O) groups excluding carboxylic acids is 1. The van der Waals surface area contributed by atoms with E-state index in [2.05, 4.69) is 49.2 Å². The number of hydrogen-bond donors (Lipinski definition) is 1. The lowest BCUT2D eigenvalue weighted by Crippen LogP contribution is -2.49. The van der Waals surface area contributed by atoms with Gasteiger partial charge < -0.3 is 15.1 Å². The summed E-state index contributed by atoms with van der Waals surface area (Å²) in [6.07, 6.45) is 6.05. The molecule has 1 aliphatic heterocycles. The molecule has 1 aliphatic rings. The van der Waals surface area contributed by atoms with Gasteiger partial charge in [-0.2, -0.15) is 0 Å². The van der Waals surface area contributed by atoms with Crippen LogP contribution in [0.2, 0.25) is 0 Å². The van der Waals surface area contributed by atoms with Crippen molar-refractivity contribution in [3.05, 3.63) is 66.2 Å². The predicted molar refractivity (Wildman–Crippen MR) is 111 cm³/mol. The summed E-state index contributed by atoms with van der Waals surface area (Å²) in [6.45, 7) is 4.70. The molecule has 0 spiro atoms. The van der Waals surface area contributed by atoms with E-state index in [1.807, 2.05) is 17.0 Å². The molecule has 0 radical (unpaired) electrons. The molecule has 0 saturated carbocycles. The molecule has 1 fully saturated rings. The molecule has 0 unspecified atom stereocenters. The van der Waals surface area contributed by atoms with Gasteiger partial charge >= 0.3 is 0 Å². The summed E-state index contributed by atoms with van der Waals surface area (Å²) in [4.78, 5) is 34.0. The summed E-state index contributed by atoms with van der Waals surface area (Å²) in [5, 5.41) is 3.16. The van der Waals surface area contributed by atoms with Crippen LogP contribution in [-0.4, -0.2) is 56.9 Å². The third kappa shape index (κ3) is 4.48. The van der Waals surface area contributed by atoms with E-state index in [0.717, 1.165) is 12.1 Å². The van der Waals surface area contributed by atoms with Gasteiger partial charge in [-0.1, -0.05) is 19.1 Å². The first-order valence-corrected chi connectivity index (χ1v) is 9.73. The van der Waals surface area contributed by atoms with Crippen LogP contribution >= 0.6 is 0 Å². The monoisotopic (exact) mass is 389 g/mol. The fourth-order valence-electron chi connectivity index (χ4n) is 3.22. The van der Waals surface area contributed by atoms with E-state index in [4.69, 9.17) is 0 Å². The number of benzene rings is 1. The summed E-state index contributed by atoms with van der Waals surface area (Å²) in [5.74, 6) is 1.02. The molecule has 3 aromatic rings. The molecule has 4 rings (SSSR count). The molecule has 0 atom stereocenters. The second-order valence-electron chi connectivity index (χ2n) is 6.77. The van der Waals surface area contributed by atoms with E-state index in [1.165, 1.54) is 5.56 Å². The van der Waals surface area contributed by atoms with Crippen LogP contribution in [0, 0.1) is 0 Å². The largest absolute Gasteiger partial charge is 0.337 e. The molecule has 2 aromatic heterocycles. The Morgan fingerprint density at radius 1 is 0.966 bits per heavy atom. The first-order chi connectivity index (χ1) is 14.2. The van der Waals surface area contributed by atoms with E-state index in [-0.39, 0.29) is 5.91 Å². The molecule has 1 amide bonds. The van der Waals surface area contributed by atoms with Crippen molar-refractivity contribution in [3.63, 3.8) is 0 Å². The fourth-order valence-corrected chi connectivity index (χ4v) is 3.22. The van der Waals surface area contributed by atoms with Crippen molar-refractivity contribution >= 4 is 23.5 Å². The SMILES string of the molecule is CCc1ccc(Nc2nccc(C(=O)N3CCN(c4ncccn4)CC3)n2)cc1. The Morgan fingerprint density at radius 3 is 2.38 bits per heavy atom. The highest BCUT2D eigenvalue weighted by Crippen LogP contribution is 2.16. The standard InChI is InChI=1S/C21H23N7O/c1-2-16-4-6-17(7-5-16)25-20-22-11-8-18(26-20)19(29)27-12-14-28(15-13-27)21-23-9-3-10-24-21/h3-11H,2,12-15H2,1H3,(H,22,25,26). The quantitative estimate of drug-likeness (QED) is 0.717. The zero-order chi connectivity index (χ0) is 20.1. The van der Waals surface area contributed by atoms with Crippen LogP contribution in [-0.2, 0) is 6.42 Å². The number of aryl methyl sites for hydroxylation is 1. The molecule has 0 bridgehead atoms. The number of nitrogens with one attached hydrogen (secondary N) is 1. The zero-order valence-electron chi connectivity index (χ0n) is 16.3. The Bertz CT molecular complexity index is 954. The minimum Gasteiger partial charge on any atom is -0.337 e. The molecule has 0 aliphatic carbocycles. The van der Waals surface area contributed by atoms with Crippen LogP contribution in [0.5, 0.6) is 0 Å². The molecular weight excluding hydrogens is 366 g/mol. The van der Waals surface area contributed by atoms with E-state index in [0.29, 0.717) is 43.8 Å². The van der Waals surface area contributed by atoms with Crippen LogP contribution in [0.3, 0.4) is 0 Å². The molecule has 3 heterocycles. The van der Waals surface area contributed by atoms with Gasteiger partial charge in [0.05, 0.1) is 0 Å². The summed E-state index contributed by atoms with van der Waals surface area (Å²) >= 11 is 0. The number of nitrogens with zero attached hydrogens (tertiary/aromatic N) is 6. The van der Waals surface area contributed by atoms with Crippen molar-refractivity contribution < 1.29 is 4.79 Å². The highest BCUT2D eigenvalue weighted by Gasteiger charge is 2.24. The van der Waals surface area contributed by atoms with Gasteiger partial charge in [0, 0.05) is 50.5 Å². The zero-order valence-corrected chi connectivity index (χ0v) is 16.3. The van der Waals surface area contributed by atoms with Gasteiger partial charge in [-0.25, -0.2) is 19.9 Å². The van der Waals surface area contributed by atoms with Crippen LogP contribution in [0.25, 0.3) is 0 Å². The Balaban J connectivity index is 1.39. The Morgan fingerprint density at radius 2 is 1.69 bits per heavy atom. The average Bonchev–Trinajstić information content (AvgIpc) is 2.80. The van der Waals surface area contributed by atoms with Gasteiger partial charge in [-0.05, 0) is 36.2 Å². The predicted octanol–water partition coefficient (Wildman–Crippen LogP) is 2.54. The molecule has 148 valence electrons. The third-order valence-electron chi connectivity index (χ3n) is 4.89. The van der Waals surface area contributed by atoms with Gasteiger partial charge in [-0.15, -0.1) is 0 Å². The number of hydrogen-bond acceptors (Lipinski definition) is 7. The third-order valence-corrected chi connectivity index (χ3v) is 4.89. The van der Waals surface area contributed by atoms with E-state index in [9.17, 15) is 4.79 Å². The maximum atomic E-state index is 12.9. The second-order valence-corrected chi connectivity index (χ2v) is 6.77. The molecular formula is C21H23N7O. The van der Waals surface area contributed by atoms with Crippen molar-refractivity contribution in [2.24, 2.45) is 0 Å². The summed E-state index contributed by atoms with van der Waals surface area (Å²) < 4.78 is 0. The second kappa shape index (κ2) is 8.64. The van der Waals surface area contributed by atoms with Crippen LogP contribution in [0.1, 0.15) is 23.0 Å². The highest BCUT2D eigenvalue weighted by molar-refractivity contribution is 5.92. The smallest absolute Gasteiger partial charge is 0.272 e. The molecule has 8 nitrogen and oxygen atoms in total. The van der Waals surface area contributed by atoms with E-state index in [1.54, 1.807) is 30.7 Å². The van der Waals surface area contributed by atoms with Crippen molar-refractivity contribution in [1.82, 2.24) is 24.8 Å². The number of rotatable bonds is 5. The van der Waals surface area contributed by atoms with Crippen molar-refractivity contribution in [2.45, 2.75) is 13.3 Å². The fraction of sp³-hybridized carbons (Fsp3) is 0.286. The molecule has 8 heteroatoms. The Hall–Kier alpha value is -3.55. The normalized spacial score (nSPS) is 14.0. The van der Waals surface area contributed by atoms with Gasteiger partial charge in [-0.3, -0.25) is 4.79 Å².